The van der Waals surface area contributed by atoms with Crippen molar-refractivity contribution in [3.05, 3.63) is 59.2 Å². The van der Waals surface area contributed by atoms with Crippen LogP contribution in [0.1, 0.15) is 27.9 Å². The maximum absolute atomic E-state index is 13.3. The lowest BCUT2D eigenvalue weighted by Crippen LogP contribution is -3.14. The second kappa shape index (κ2) is 9.03. The van der Waals surface area contributed by atoms with E-state index in [1.165, 1.54) is 11.1 Å². The molecule has 1 aliphatic heterocycles. The molecule has 3 aromatic rings. The van der Waals surface area contributed by atoms with Crippen LogP contribution in [0, 0.1) is 13.8 Å². The number of ether oxygens (including phenoxy) is 1. The van der Waals surface area contributed by atoms with Crippen LogP contribution < -0.4 is 9.80 Å². The van der Waals surface area contributed by atoms with Crippen LogP contribution in [0.15, 0.2) is 42.5 Å². The fourth-order valence-electron chi connectivity index (χ4n) is 3.70. The highest BCUT2D eigenvalue weighted by atomic mass is 32.1. The van der Waals surface area contributed by atoms with E-state index in [4.69, 9.17) is 9.72 Å². The summed E-state index contributed by atoms with van der Waals surface area (Å²) in [4.78, 5) is 21.5. The van der Waals surface area contributed by atoms with Gasteiger partial charge in [-0.25, -0.2) is 4.98 Å². The summed E-state index contributed by atoms with van der Waals surface area (Å²) < 4.78 is 6.58. The third-order valence-corrected chi connectivity index (χ3v) is 6.64. The highest BCUT2D eigenvalue weighted by Gasteiger charge is 2.22. The number of hydrogen-bond acceptors (Lipinski definition) is 4. The van der Waals surface area contributed by atoms with E-state index in [9.17, 15) is 4.79 Å². The van der Waals surface area contributed by atoms with Crippen LogP contribution in [0.25, 0.3) is 10.2 Å². The average molecular weight is 411 g/mol. The summed E-state index contributed by atoms with van der Waals surface area (Å²) >= 11 is 1.60. The van der Waals surface area contributed by atoms with Crippen LogP contribution >= 0.6 is 11.3 Å². The highest BCUT2D eigenvalue weighted by Crippen LogP contribution is 2.31. The number of nitrogens with zero attached hydrogens (tertiary/aromatic N) is 2. The van der Waals surface area contributed by atoms with Crippen molar-refractivity contribution in [2.45, 2.75) is 20.3 Å². The van der Waals surface area contributed by atoms with Gasteiger partial charge >= 0.3 is 0 Å². The van der Waals surface area contributed by atoms with E-state index in [1.54, 1.807) is 16.2 Å². The van der Waals surface area contributed by atoms with Gasteiger partial charge in [0.2, 0.25) is 0 Å². The standard InChI is InChI=1S/C23H27N3O2S/c1-17-15-20-21(16-18(17)2)29-23(24-20)26(22(27)19-7-4-3-5-8-19)10-6-9-25-11-13-28-14-12-25/h3-5,7-8,15-16H,6,9-14H2,1-2H3/p+1. The maximum atomic E-state index is 13.3. The Morgan fingerprint density at radius 1 is 1.14 bits per heavy atom. The van der Waals surface area contributed by atoms with Gasteiger partial charge in [0.1, 0.15) is 13.1 Å². The topological polar surface area (TPSA) is 46.9 Å². The van der Waals surface area contributed by atoms with Crippen molar-refractivity contribution in [3.63, 3.8) is 0 Å². The first-order chi connectivity index (χ1) is 14.1. The summed E-state index contributed by atoms with van der Waals surface area (Å²) in [5, 5.41) is 0.788. The van der Waals surface area contributed by atoms with Crippen molar-refractivity contribution in [2.24, 2.45) is 0 Å². The Hall–Kier alpha value is -2.28. The second-order valence-electron chi connectivity index (χ2n) is 7.69. The Morgan fingerprint density at radius 2 is 1.86 bits per heavy atom. The molecular weight excluding hydrogens is 382 g/mol. The molecule has 1 aliphatic rings. The van der Waals surface area contributed by atoms with E-state index in [0.717, 1.165) is 54.6 Å². The number of morpholine rings is 1. The maximum Gasteiger partial charge on any atom is 0.260 e. The molecule has 0 radical (unpaired) electrons. The number of rotatable bonds is 6. The fourth-order valence-corrected chi connectivity index (χ4v) is 4.77. The molecule has 4 rings (SSSR count). The molecule has 1 fully saturated rings. The number of anilines is 1. The van der Waals surface area contributed by atoms with E-state index < -0.39 is 0 Å². The van der Waals surface area contributed by atoms with Gasteiger partial charge in [-0.2, -0.15) is 0 Å². The zero-order valence-corrected chi connectivity index (χ0v) is 17.9. The Labute approximate surface area is 175 Å². The Bertz CT molecular complexity index is 941. The van der Waals surface area contributed by atoms with Crippen molar-refractivity contribution >= 4 is 32.6 Å². The number of carbonyl (C=O) groups excluding carboxylic acids is 1. The van der Waals surface area contributed by atoms with Gasteiger partial charge in [-0.05, 0) is 49.2 Å². The largest absolute Gasteiger partial charge is 0.370 e. The third-order valence-electron chi connectivity index (χ3n) is 5.60. The number of thiazole rings is 1. The minimum absolute atomic E-state index is 0.0232. The first-order valence-corrected chi connectivity index (χ1v) is 11.1. The number of carbonyl (C=O) groups is 1. The first kappa shape index (κ1) is 20.0. The normalized spacial score (nSPS) is 15.0. The number of amides is 1. The van der Waals surface area contributed by atoms with Gasteiger partial charge in [-0.1, -0.05) is 29.5 Å². The number of aryl methyl sites for hydroxylation is 2. The summed E-state index contributed by atoms with van der Waals surface area (Å²) in [7, 11) is 0. The SMILES string of the molecule is Cc1cc2nc(N(CCC[NH+]3CCOCC3)C(=O)c3ccccc3)sc2cc1C. The zero-order valence-electron chi connectivity index (χ0n) is 17.1. The van der Waals surface area contributed by atoms with Crippen LogP contribution in [-0.2, 0) is 4.74 Å². The van der Waals surface area contributed by atoms with Gasteiger partial charge in [0, 0.05) is 18.5 Å². The van der Waals surface area contributed by atoms with Gasteiger partial charge in [0.15, 0.2) is 5.13 Å². The highest BCUT2D eigenvalue weighted by molar-refractivity contribution is 7.22. The molecule has 0 bridgehead atoms. The van der Waals surface area contributed by atoms with Crippen LogP contribution in [0.3, 0.4) is 0 Å². The van der Waals surface area contributed by atoms with Crippen molar-refractivity contribution in [3.8, 4) is 0 Å². The minimum Gasteiger partial charge on any atom is -0.370 e. The van der Waals surface area contributed by atoms with Crippen molar-refractivity contribution in [1.82, 2.24) is 4.98 Å². The summed E-state index contributed by atoms with van der Waals surface area (Å²) in [5.41, 5.74) is 4.16. The lowest BCUT2D eigenvalue weighted by molar-refractivity contribution is -0.908. The van der Waals surface area contributed by atoms with E-state index in [1.807, 2.05) is 35.2 Å². The van der Waals surface area contributed by atoms with Crippen LogP contribution in [0.4, 0.5) is 5.13 Å². The molecule has 2 heterocycles. The average Bonchev–Trinajstić information content (AvgIpc) is 3.14. The van der Waals surface area contributed by atoms with E-state index >= 15 is 0 Å². The molecule has 152 valence electrons. The quantitative estimate of drug-likeness (QED) is 0.680. The monoisotopic (exact) mass is 410 g/mol. The van der Waals surface area contributed by atoms with Crippen LogP contribution in [-0.4, -0.2) is 50.3 Å². The van der Waals surface area contributed by atoms with Gasteiger partial charge in [0.25, 0.3) is 5.91 Å². The number of quaternary nitrogens is 1. The summed E-state index contributed by atoms with van der Waals surface area (Å²) in [5.74, 6) is 0.0232. The molecule has 0 spiro atoms. The number of nitrogens with one attached hydrogen (secondary N) is 1. The van der Waals surface area contributed by atoms with Crippen LogP contribution in [0.5, 0.6) is 0 Å². The second-order valence-corrected chi connectivity index (χ2v) is 8.70. The number of benzene rings is 2. The Kier molecular flexibility index (Phi) is 6.23. The molecule has 1 aromatic heterocycles. The number of fused-ring (bicyclic) bond motifs is 1. The molecule has 1 amide bonds. The summed E-state index contributed by atoms with van der Waals surface area (Å²) in [6.07, 6.45) is 0.946. The van der Waals surface area contributed by atoms with E-state index in [2.05, 4.69) is 26.0 Å². The molecule has 0 unspecified atom stereocenters. The van der Waals surface area contributed by atoms with E-state index in [-0.39, 0.29) is 5.91 Å². The van der Waals surface area contributed by atoms with Crippen molar-refractivity contribution in [2.75, 3.05) is 44.3 Å². The molecular formula is C23H28N3O2S+. The summed E-state index contributed by atoms with van der Waals surface area (Å²) in [6.45, 7) is 9.70. The predicted octanol–water partition coefficient (Wildman–Crippen LogP) is 2.87. The molecule has 0 aliphatic carbocycles. The molecule has 0 atom stereocenters. The first-order valence-electron chi connectivity index (χ1n) is 10.3. The van der Waals surface area contributed by atoms with Crippen LogP contribution in [0.2, 0.25) is 0 Å². The zero-order chi connectivity index (χ0) is 20.2. The molecule has 5 nitrogen and oxygen atoms in total. The lowest BCUT2D eigenvalue weighted by Gasteiger charge is -2.25. The van der Waals surface area contributed by atoms with E-state index in [0.29, 0.717) is 12.1 Å². The smallest absolute Gasteiger partial charge is 0.260 e. The molecule has 1 N–H and O–H groups in total. The molecule has 29 heavy (non-hydrogen) atoms. The molecule has 2 aromatic carbocycles. The van der Waals surface area contributed by atoms with Gasteiger partial charge < -0.3 is 9.64 Å². The minimum atomic E-state index is 0.0232. The predicted molar refractivity (Wildman–Crippen MR) is 118 cm³/mol. The third kappa shape index (κ3) is 4.66. The molecule has 0 saturated carbocycles. The Balaban J connectivity index is 1.58. The van der Waals surface area contributed by atoms with Gasteiger partial charge in [-0.15, -0.1) is 0 Å². The van der Waals surface area contributed by atoms with Gasteiger partial charge in [0.05, 0.1) is 30.0 Å². The molecule has 1 saturated heterocycles. The number of hydrogen-bond donors (Lipinski definition) is 1. The van der Waals surface area contributed by atoms with Gasteiger partial charge in [-0.3, -0.25) is 9.69 Å². The summed E-state index contributed by atoms with van der Waals surface area (Å²) in [6, 6.07) is 13.8. The fraction of sp³-hybridized carbons (Fsp3) is 0.391. The number of aromatic nitrogens is 1. The lowest BCUT2D eigenvalue weighted by atomic mass is 10.1. The van der Waals surface area contributed by atoms with Crippen molar-refractivity contribution < 1.29 is 14.4 Å². The Morgan fingerprint density at radius 3 is 2.62 bits per heavy atom. The van der Waals surface area contributed by atoms with Crippen molar-refractivity contribution in [1.29, 1.82) is 0 Å². The molecule has 6 heteroatoms.